The topological polar surface area (TPSA) is 55.1 Å². The molecule has 4 heteroatoms. The number of ketones is 1. The van der Waals surface area contributed by atoms with Gasteiger partial charge in [-0.15, -0.1) is 0 Å². The largest absolute Gasteiger partial charge is 0.441 e. The first-order valence-electron chi connectivity index (χ1n) is 5.71. The number of nitrogens with one attached hydrogen (secondary N) is 1. The summed E-state index contributed by atoms with van der Waals surface area (Å²) in [6.45, 7) is 4.65. The number of carbonyl (C=O) groups excluding carboxylic acids is 1. The molecule has 0 amide bonds. The Balaban J connectivity index is 1.96. The van der Waals surface area contributed by atoms with Crippen molar-refractivity contribution in [3.63, 3.8) is 0 Å². The second-order valence-electron chi connectivity index (χ2n) is 4.16. The van der Waals surface area contributed by atoms with Gasteiger partial charge in [0.05, 0.1) is 6.54 Å². The molecule has 0 saturated carbocycles. The van der Waals surface area contributed by atoms with E-state index in [0.29, 0.717) is 12.4 Å². The van der Waals surface area contributed by atoms with Crippen LogP contribution in [0.2, 0.25) is 0 Å². The Labute approximate surface area is 100 Å². The third kappa shape index (κ3) is 3.14. The molecule has 1 aromatic carbocycles. The van der Waals surface area contributed by atoms with E-state index in [1.54, 1.807) is 6.92 Å². The summed E-state index contributed by atoms with van der Waals surface area (Å²) < 4.78 is 5.47. The standard InChI is InChI=1S/C13H16N2O2/c1-9(16)8-14-6-5-11-3-4-12-13(7-11)17-10(2)15-12/h3-4,7,14H,5-6,8H2,1-2H3. The van der Waals surface area contributed by atoms with Gasteiger partial charge in [0.15, 0.2) is 11.5 Å². The van der Waals surface area contributed by atoms with Crippen molar-refractivity contribution in [1.29, 1.82) is 0 Å². The maximum Gasteiger partial charge on any atom is 0.192 e. The molecule has 0 atom stereocenters. The molecule has 1 N–H and O–H groups in total. The first-order valence-corrected chi connectivity index (χ1v) is 5.71. The highest BCUT2D eigenvalue weighted by Crippen LogP contribution is 2.16. The monoisotopic (exact) mass is 232 g/mol. The molecule has 1 heterocycles. The molecule has 0 aliphatic heterocycles. The van der Waals surface area contributed by atoms with Crippen molar-refractivity contribution in [2.24, 2.45) is 0 Å². The number of rotatable bonds is 5. The Morgan fingerprint density at radius 1 is 1.47 bits per heavy atom. The summed E-state index contributed by atoms with van der Waals surface area (Å²) in [5, 5.41) is 3.09. The summed E-state index contributed by atoms with van der Waals surface area (Å²) in [6.07, 6.45) is 0.878. The van der Waals surface area contributed by atoms with Crippen LogP contribution >= 0.6 is 0 Å². The highest BCUT2D eigenvalue weighted by Gasteiger charge is 2.03. The Kier molecular flexibility index (Phi) is 3.54. The molecule has 2 aromatic rings. The number of nitrogens with zero attached hydrogens (tertiary/aromatic N) is 1. The smallest absolute Gasteiger partial charge is 0.192 e. The minimum atomic E-state index is 0.159. The summed E-state index contributed by atoms with van der Waals surface area (Å²) in [7, 11) is 0. The summed E-state index contributed by atoms with van der Waals surface area (Å²) in [4.78, 5) is 15.0. The zero-order valence-electron chi connectivity index (χ0n) is 10.1. The highest BCUT2D eigenvalue weighted by atomic mass is 16.3. The summed E-state index contributed by atoms with van der Waals surface area (Å²) in [5.41, 5.74) is 2.90. The van der Waals surface area contributed by atoms with Crippen molar-refractivity contribution in [2.45, 2.75) is 20.3 Å². The molecule has 0 unspecified atom stereocenters. The molecule has 0 aliphatic carbocycles. The maximum atomic E-state index is 10.7. The fourth-order valence-electron chi connectivity index (χ4n) is 1.74. The molecule has 1 aromatic heterocycles. The van der Waals surface area contributed by atoms with Crippen LogP contribution in [0.3, 0.4) is 0 Å². The number of hydrogen-bond acceptors (Lipinski definition) is 4. The number of aryl methyl sites for hydroxylation is 1. The van der Waals surface area contributed by atoms with Crippen molar-refractivity contribution < 1.29 is 9.21 Å². The van der Waals surface area contributed by atoms with Gasteiger partial charge in [0, 0.05) is 6.92 Å². The zero-order valence-corrected chi connectivity index (χ0v) is 10.1. The van der Waals surface area contributed by atoms with Crippen LogP contribution in [0.25, 0.3) is 11.1 Å². The Bertz CT molecular complexity index is 531. The Morgan fingerprint density at radius 3 is 3.06 bits per heavy atom. The van der Waals surface area contributed by atoms with Crippen LogP contribution in [0, 0.1) is 6.92 Å². The number of carbonyl (C=O) groups is 1. The van der Waals surface area contributed by atoms with E-state index in [-0.39, 0.29) is 5.78 Å². The van der Waals surface area contributed by atoms with Crippen LogP contribution < -0.4 is 5.32 Å². The van der Waals surface area contributed by atoms with E-state index in [4.69, 9.17) is 4.42 Å². The quantitative estimate of drug-likeness (QED) is 0.799. The van der Waals surface area contributed by atoms with Crippen molar-refractivity contribution in [2.75, 3.05) is 13.1 Å². The van der Waals surface area contributed by atoms with E-state index >= 15 is 0 Å². The zero-order chi connectivity index (χ0) is 12.3. The van der Waals surface area contributed by atoms with Gasteiger partial charge >= 0.3 is 0 Å². The molecule has 0 radical (unpaired) electrons. The normalized spacial score (nSPS) is 10.9. The molecule has 0 aliphatic rings. The van der Waals surface area contributed by atoms with Gasteiger partial charge < -0.3 is 9.73 Å². The van der Waals surface area contributed by atoms with Crippen LogP contribution in [0.15, 0.2) is 22.6 Å². The van der Waals surface area contributed by atoms with E-state index in [9.17, 15) is 4.79 Å². The van der Waals surface area contributed by atoms with Crippen molar-refractivity contribution >= 4 is 16.9 Å². The molecule has 4 nitrogen and oxygen atoms in total. The van der Waals surface area contributed by atoms with E-state index in [2.05, 4.69) is 10.3 Å². The number of benzene rings is 1. The fraction of sp³-hybridized carbons (Fsp3) is 0.385. The third-order valence-corrected chi connectivity index (χ3v) is 2.52. The molecular weight excluding hydrogens is 216 g/mol. The van der Waals surface area contributed by atoms with Crippen LogP contribution in [-0.4, -0.2) is 23.9 Å². The summed E-state index contributed by atoms with van der Waals surface area (Å²) in [5.74, 6) is 0.846. The van der Waals surface area contributed by atoms with Gasteiger partial charge in [0.2, 0.25) is 0 Å². The van der Waals surface area contributed by atoms with Gasteiger partial charge in [0.1, 0.15) is 11.3 Å². The third-order valence-electron chi connectivity index (χ3n) is 2.52. The number of fused-ring (bicyclic) bond motifs is 1. The molecule has 17 heavy (non-hydrogen) atoms. The average Bonchev–Trinajstić information content (AvgIpc) is 2.63. The number of Topliss-reactive ketones (excluding diaryl/α,β-unsaturated/α-hetero) is 1. The van der Waals surface area contributed by atoms with E-state index < -0.39 is 0 Å². The minimum Gasteiger partial charge on any atom is -0.441 e. The van der Waals surface area contributed by atoms with Crippen molar-refractivity contribution in [3.8, 4) is 0 Å². The van der Waals surface area contributed by atoms with Gasteiger partial charge in [0.25, 0.3) is 0 Å². The van der Waals surface area contributed by atoms with Gasteiger partial charge in [-0.25, -0.2) is 4.98 Å². The van der Waals surface area contributed by atoms with Crippen molar-refractivity contribution in [1.82, 2.24) is 10.3 Å². The second-order valence-corrected chi connectivity index (χ2v) is 4.16. The van der Waals surface area contributed by atoms with E-state index in [1.807, 2.05) is 25.1 Å². The van der Waals surface area contributed by atoms with Gasteiger partial charge in [-0.3, -0.25) is 4.79 Å². The van der Waals surface area contributed by atoms with Crippen LogP contribution in [0.1, 0.15) is 18.4 Å². The second kappa shape index (κ2) is 5.10. The lowest BCUT2D eigenvalue weighted by Crippen LogP contribution is -2.23. The molecule has 90 valence electrons. The van der Waals surface area contributed by atoms with Gasteiger partial charge in [-0.1, -0.05) is 6.07 Å². The van der Waals surface area contributed by atoms with Crippen molar-refractivity contribution in [3.05, 3.63) is 29.7 Å². The minimum absolute atomic E-state index is 0.159. The molecular formula is C13H16N2O2. The molecule has 2 rings (SSSR count). The number of oxazole rings is 1. The predicted octanol–water partition coefficient (Wildman–Crippen LogP) is 1.86. The Morgan fingerprint density at radius 2 is 2.29 bits per heavy atom. The first-order chi connectivity index (χ1) is 8.15. The molecule has 0 bridgehead atoms. The lowest BCUT2D eigenvalue weighted by molar-refractivity contribution is -0.116. The van der Waals surface area contributed by atoms with Crippen LogP contribution in [-0.2, 0) is 11.2 Å². The maximum absolute atomic E-state index is 10.7. The average molecular weight is 232 g/mol. The van der Waals surface area contributed by atoms with E-state index in [1.165, 1.54) is 5.56 Å². The molecule has 0 spiro atoms. The highest BCUT2D eigenvalue weighted by molar-refractivity contribution is 5.77. The number of hydrogen-bond donors (Lipinski definition) is 1. The van der Waals surface area contributed by atoms with Gasteiger partial charge in [-0.2, -0.15) is 0 Å². The lowest BCUT2D eigenvalue weighted by Gasteiger charge is -2.02. The SMILES string of the molecule is CC(=O)CNCCc1ccc2nc(C)oc2c1. The fourth-order valence-corrected chi connectivity index (χ4v) is 1.74. The first kappa shape index (κ1) is 11.8. The summed E-state index contributed by atoms with van der Waals surface area (Å²) >= 11 is 0. The van der Waals surface area contributed by atoms with Crippen LogP contribution in [0.4, 0.5) is 0 Å². The van der Waals surface area contributed by atoms with Gasteiger partial charge in [-0.05, 0) is 37.6 Å². The lowest BCUT2D eigenvalue weighted by atomic mass is 10.1. The molecule has 0 fully saturated rings. The number of aromatic nitrogens is 1. The summed E-state index contributed by atoms with van der Waals surface area (Å²) in [6, 6.07) is 6.01. The Hall–Kier alpha value is -1.68. The van der Waals surface area contributed by atoms with E-state index in [0.717, 1.165) is 24.1 Å². The van der Waals surface area contributed by atoms with Crippen LogP contribution in [0.5, 0.6) is 0 Å². The molecule has 0 saturated heterocycles. The predicted molar refractivity (Wildman–Crippen MR) is 66.0 cm³/mol.